The number of benzene rings is 1. The first kappa shape index (κ1) is 15.5. The number of methoxy groups -OCH3 is 1. The molecule has 1 aromatic carbocycles. The van der Waals surface area contributed by atoms with Crippen LogP contribution in [0.3, 0.4) is 0 Å². The number of ether oxygens (including phenoxy) is 2. The number of aromatic nitrogens is 1. The molecule has 0 amide bonds. The molecule has 5 heteroatoms. The lowest BCUT2D eigenvalue weighted by Crippen LogP contribution is -2.03. The molecule has 2 rings (SSSR count). The van der Waals surface area contributed by atoms with Gasteiger partial charge in [0.2, 0.25) is 0 Å². The highest BCUT2D eigenvalue weighted by atomic mass is 32.1. The van der Waals surface area contributed by atoms with Gasteiger partial charge in [0.1, 0.15) is 12.4 Å². The second kappa shape index (κ2) is 8.50. The molecule has 2 N–H and O–H groups in total. The molecule has 1 aromatic heterocycles. The van der Waals surface area contributed by atoms with Crippen molar-refractivity contribution in [2.24, 2.45) is 0 Å². The van der Waals surface area contributed by atoms with Gasteiger partial charge in [0, 0.05) is 18.1 Å². The van der Waals surface area contributed by atoms with Crippen LogP contribution in [0.1, 0.15) is 13.8 Å². The van der Waals surface area contributed by atoms with E-state index in [9.17, 15) is 0 Å². The lowest BCUT2D eigenvalue weighted by Gasteiger charge is -2.05. The van der Waals surface area contributed by atoms with E-state index in [1.165, 1.54) is 11.3 Å². The van der Waals surface area contributed by atoms with E-state index in [2.05, 4.69) is 4.98 Å². The number of hydrogen-bond donors (Lipinski definition) is 1. The molecular weight excluding hydrogens is 260 g/mol. The second-order valence-electron chi connectivity index (χ2n) is 3.44. The number of nitrogen functional groups attached to an aromatic ring is 1. The predicted octanol–water partition coefficient (Wildman–Crippen LogP) is 3.44. The summed E-state index contributed by atoms with van der Waals surface area (Å²) in [4.78, 5) is 4.22. The van der Waals surface area contributed by atoms with Gasteiger partial charge >= 0.3 is 0 Å². The van der Waals surface area contributed by atoms with Gasteiger partial charge in [-0.2, -0.15) is 0 Å². The van der Waals surface area contributed by atoms with Gasteiger partial charge in [-0.25, -0.2) is 4.98 Å². The Morgan fingerprint density at radius 1 is 1.16 bits per heavy atom. The van der Waals surface area contributed by atoms with Gasteiger partial charge in [0.15, 0.2) is 5.13 Å². The molecule has 0 aliphatic carbocycles. The van der Waals surface area contributed by atoms with Gasteiger partial charge in [-0.05, 0) is 24.3 Å². The van der Waals surface area contributed by atoms with Gasteiger partial charge < -0.3 is 15.2 Å². The van der Waals surface area contributed by atoms with Crippen LogP contribution in [0.5, 0.6) is 5.75 Å². The Morgan fingerprint density at radius 2 is 1.84 bits per heavy atom. The lowest BCUT2D eigenvalue weighted by molar-refractivity contribution is 0.146. The van der Waals surface area contributed by atoms with E-state index >= 15 is 0 Å². The summed E-state index contributed by atoms with van der Waals surface area (Å²) in [6.07, 6.45) is 0. The van der Waals surface area contributed by atoms with Gasteiger partial charge in [0.05, 0.1) is 12.3 Å². The topological polar surface area (TPSA) is 57.4 Å². The predicted molar refractivity (Wildman–Crippen MR) is 80.7 cm³/mol. The number of nitrogens with zero attached hydrogens (tertiary/aromatic N) is 1. The highest BCUT2D eigenvalue weighted by Gasteiger charge is 2.02. The highest BCUT2D eigenvalue weighted by Crippen LogP contribution is 2.24. The molecule has 0 fully saturated rings. The third kappa shape index (κ3) is 4.89. The third-order valence-electron chi connectivity index (χ3n) is 2.23. The molecule has 1 heterocycles. The zero-order valence-electron chi connectivity index (χ0n) is 11.6. The Kier molecular flexibility index (Phi) is 6.92. The second-order valence-corrected chi connectivity index (χ2v) is 4.33. The van der Waals surface area contributed by atoms with Crippen LogP contribution in [0.15, 0.2) is 29.6 Å². The van der Waals surface area contributed by atoms with Crippen LogP contribution in [-0.4, -0.2) is 25.3 Å². The molecule has 0 aliphatic rings. The zero-order chi connectivity index (χ0) is 14.1. The number of hydrogen-bond acceptors (Lipinski definition) is 5. The Bertz CT molecular complexity index is 469. The molecule has 0 radical (unpaired) electrons. The number of anilines is 1. The van der Waals surface area contributed by atoms with Crippen LogP contribution in [-0.2, 0) is 4.74 Å². The average molecular weight is 280 g/mol. The van der Waals surface area contributed by atoms with E-state index in [1.54, 1.807) is 7.11 Å². The van der Waals surface area contributed by atoms with Crippen molar-refractivity contribution < 1.29 is 9.47 Å². The summed E-state index contributed by atoms with van der Waals surface area (Å²) in [5.74, 6) is 0.828. The number of nitrogens with two attached hydrogens (primary N) is 1. The van der Waals surface area contributed by atoms with Crippen molar-refractivity contribution in [2.45, 2.75) is 13.8 Å². The van der Waals surface area contributed by atoms with Gasteiger partial charge in [-0.15, -0.1) is 11.3 Å². The Hall–Kier alpha value is -1.59. The fourth-order valence-corrected chi connectivity index (χ4v) is 1.96. The van der Waals surface area contributed by atoms with E-state index in [0.717, 1.165) is 17.0 Å². The van der Waals surface area contributed by atoms with E-state index in [4.69, 9.17) is 15.2 Å². The van der Waals surface area contributed by atoms with Crippen molar-refractivity contribution in [3.63, 3.8) is 0 Å². The molecule has 2 aromatic rings. The third-order valence-corrected chi connectivity index (χ3v) is 2.90. The van der Waals surface area contributed by atoms with E-state index in [-0.39, 0.29) is 0 Å². The zero-order valence-corrected chi connectivity index (χ0v) is 12.4. The Morgan fingerprint density at radius 3 is 2.37 bits per heavy atom. The van der Waals surface area contributed by atoms with Gasteiger partial charge in [-0.1, -0.05) is 13.8 Å². The van der Waals surface area contributed by atoms with Crippen LogP contribution >= 0.6 is 11.3 Å². The summed E-state index contributed by atoms with van der Waals surface area (Å²) >= 11 is 1.44. The Labute approximate surface area is 118 Å². The van der Waals surface area contributed by atoms with Crippen molar-refractivity contribution >= 4 is 16.5 Å². The summed E-state index contributed by atoms with van der Waals surface area (Å²) in [6, 6.07) is 7.77. The largest absolute Gasteiger partial charge is 0.491 e. The molecule has 0 saturated carbocycles. The molecule has 0 saturated heterocycles. The van der Waals surface area contributed by atoms with Crippen LogP contribution in [0.25, 0.3) is 11.3 Å². The first-order valence-electron chi connectivity index (χ1n) is 6.23. The first-order valence-corrected chi connectivity index (χ1v) is 7.11. The molecule has 0 spiro atoms. The van der Waals surface area contributed by atoms with E-state index in [1.807, 2.05) is 43.5 Å². The first-order chi connectivity index (χ1) is 9.29. The van der Waals surface area contributed by atoms with Gasteiger partial charge in [-0.3, -0.25) is 0 Å². The maximum Gasteiger partial charge on any atom is 0.180 e. The van der Waals surface area contributed by atoms with Crippen molar-refractivity contribution in [3.05, 3.63) is 29.6 Å². The molecule has 0 atom stereocenters. The van der Waals surface area contributed by atoms with Crippen LogP contribution in [0, 0.1) is 0 Å². The quantitative estimate of drug-likeness (QED) is 0.852. The molecule has 19 heavy (non-hydrogen) atoms. The maximum absolute atomic E-state index is 5.60. The highest BCUT2D eigenvalue weighted by molar-refractivity contribution is 7.13. The summed E-state index contributed by atoms with van der Waals surface area (Å²) in [7, 11) is 1.65. The summed E-state index contributed by atoms with van der Waals surface area (Å²) in [5, 5.41) is 2.52. The van der Waals surface area contributed by atoms with Crippen LogP contribution in [0.2, 0.25) is 0 Å². The number of rotatable bonds is 5. The van der Waals surface area contributed by atoms with Crippen molar-refractivity contribution in [1.82, 2.24) is 4.98 Å². The molecular formula is C14H20N2O2S. The fraction of sp³-hybridized carbons (Fsp3) is 0.357. The molecule has 4 nitrogen and oxygen atoms in total. The summed E-state index contributed by atoms with van der Waals surface area (Å²) < 4.78 is 10.4. The normalized spacial score (nSPS) is 9.63. The number of thiazole rings is 1. The molecule has 0 aliphatic heterocycles. The smallest absolute Gasteiger partial charge is 0.180 e. The average Bonchev–Trinajstić information content (AvgIpc) is 2.89. The van der Waals surface area contributed by atoms with Crippen LogP contribution in [0.4, 0.5) is 5.13 Å². The fourth-order valence-electron chi connectivity index (χ4n) is 1.38. The lowest BCUT2D eigenvalue weighted by atomic mass is 10.2. The minimum absolute atomic E-state index is 0.555. The SMILES string of the molecule is CC.COCCOc1ccc(-c2csc(N)n2)cc1. The minimum Gasteiger partial charge on any atom is -0.491 e. The molecule has 0 unspecified atom stereocenters. The summed E-state index contributed by atoms with van der Waals surface area (Å²) in [5.41, 5.74) is 7.53. The van der Waals surface area contributed by atoms with E-state index < -0.39 is 0 Å². The van der Waals surface area contributed by atoms with Crippen molar-refractivity contribution in [3.8, 4) is 17.0 Å². The summed E-state index contributed by atoms with van der Waals surface area (Å²) in [6.45, 7) is 5.14. The maximum atomic E-state index is 5.60. The monoisotopic (exact) mass is 280 g/mol. The van der Waals surface area contributed by atoms with Crippen LogP contribution < -0.4 is 10.5 Å². The minimum atomic E-state index is 0.555. The molecule has 0 bridgehead atoms. The van der Waals surface area contributed by atoms with E-state index in [0.29, 0.717) is 18.3 Å². The molecule has 104 valence electrons. The standard InChI is InChI=1S/C12H14N2O2S.C2H6/c1-15-6-7-16-10-4-2-9(3-5-10)11-8-17-12(13)14-11;1-2/h2-5,8H,6-7H2,1H3,(H2,13,14);1-2H3. The van der Waals surface area contributed by atoms with Crippen molar-refractivity contribution in [2.75, 3.05) is 26.1 Å². The van der Waals surface area contributed by atoms with Gasteiger partial charge in [0.25, 0.3) is 0 Å². The Balaban J connectivity index is 0.000000861. The van der Waals surface area contributed by atoms with Crippen molar-refractivity contribution in [1.29, 1.82) is 0 Å².